The highest BCUT2D eigenvalue weighted by Crippen LogP contribution is 2.19. The lowest BCUT2D eigenvalue weighted by Crippen LogP contribution is -2.46. The van der Waals surface area contributed by atoms with Crippen molar-refractivity contribution in [2.45, 2.75) is 38.6 Å². The zero-order valence-corrected chi connectivity index (χ0v) is 18.7. The lowest BCUT2D eigenvalue weighted by molar-refractivity contribution is -0.119. The minimum absolute atomic E-state index is 0.00997. The molecule has 1 fully saturated rings. The standard InChI is InChI=1S/C23H33N5O4/c1-32-15-9-14-27(19(29)17-26-12-7-2-3-8-13-26)20-21(24)28(23(31)25-22(20)30)16-18-10-5-4-6-11-18/h4-6,10-11H,2-3,7-9,12-17,24H2,1H3,(H,25,30,31). The summed E-state index contributed by atoms with van der Waals surface area (Å²) < 4.78 is 6.44. The molecule has 1 aliphatic heterocycles. The van der Waals surface area contributed by atoms with Crippen molar-refractivity contribution in [1.29, 1.82) is 0 Å². The van der Waals surface area contributed by atoms with Gasteiger partial charge in [-0.05, 0) is 37.9 Å². The van der Waals surface area contributed by atoms with Crippen LogP contribution in [0.1, 0.15) is 37.7 Å². The van der Waals surface area contributed by atoms with E-state index in [1.54, 1.807) is 7.11 Å². The number of aromatic nitrogens is 2. The third-order valence-electron chi connectivity index (χ3n) is 5.76. The Balaban J connectivity index is 1.93. The number of carbonyl (C=O) groups excluding carboxylic acids is 1. The molecule has 174 valence electrons. The van der Waals surface area contributed by atoms with Gasteiger partial charge < -0.3 is 15.4 Å². The van der Waals surface area contributed by atoms with Crippen LogP contribution >= 0.6 is 0 Å². The molecule has 32 heavy (non-hydrogen) atoms. The van der Waals surface area contributed by atoms with Gasteiger partial charge in [-0.3, -0.25) is 24.0 Å². The molecule has 0 unspecified atom stereocenters. The van der Waals surface area contributed by atoms with Crippen molar-refractivity contribution in [2.24, 2.45) is 0 Å². The van der Waals surface area contributed by atoms with Crippen LogP contribution in [0.2, 0.25) is 0 Å². The Kier molecular flexibility index (Phi) is 8.64. The van der Waals surface area contributed by atoms with Gasteiger partial charge in [0, 0.05) is 20.3 Å². The number of benzene rings is 1. The number of H-pyrrole nitrogens is 1. The Morgan fingerprint density at radius 1 is 1.12 bits per heavy atom. The molecule has 3 N–H and O–H groups in total. The number of aromatic amines is 1. The van der Waals surface area contributed by atoms with Crippen molar-refractivity contribution in [3.05, 3.63) is 56.7 Å². The van der Waals surface area contributed by atoms with E-state index in [0.29, 0.717) is 13.0 Å². The summed E-state index contributed by atoms with van der Waals surface area (Å²) in [6, 6.07) is 9.36. The number of methoxy groups -OCH3 is 1. The molecule has 0 atom stereocenters. The Morgan fingerprint density at radius 3 is 2.47 bits per heavy atom. The van der Waals surface area contributed by atoms with Crippen molar-refractivity contribution in [3.8, 4) is 0 Å². The summed E-state index contributed by atoms with van der Waals surface area (Å²) in [6.45, 7) is 2.84. The van der Waals surface area contributed by atoms with E-state index < -0.39 is 11.2 Å². The van der Waals surface area contributed by atoms with Crippen molar-refractivity contribution < 1.29 is 9.53 Å². The van der Waals surface area contributed by atoms with Gasteiger partial charge in [0.2, 0.25) is 5.91 Å². The van der Waals surface area contributed by atoms with Crippen molar-refractivity contribution in [2.75, 3.05) is 50.5 Å². The summed E-state index contributed by atoms with van der Waals surface area (Å²) in [5, 5.41) is 0. The summed E-state index contributed by atoms with van der Waals surface area (Å²) in [7, 11) is 1.59. The number of likely N-dealkylation sites (tertiary alicyclic amines) is 1. The molecule has 0 saturated carbocycles. The van der Waals surface area contributed by atoms with Crippen LogP contribution < -0.4 is 21.9 Å². The maximum Gasteiger partial charge on any atom is 0.330 e. The predicted octanol–water partition coefficient (Wildman–Crippen LogP) is 1.41. The summed E-state index contributed by atoms with van der Waals surface area (Å²) in [5.74, 6) is -0.214. The van der Waals surface area contributed by atoms with Crippen LogP contribution in [0.15, 0.2) is 39.9 Å². The first-order valence-corrected chi connectivity index (χ1v) is 11.2. The molecule has 1 aliphatic rings. The third-order valence-corrected chi connectivity index (χ3v) is 5.76. The number of hydrogen-bond acceptors (Lipinski definition) is 6. The lowest BCUT2D eigenvalue weighted by atomic mass is 10.2. The number of anilines is 2. The second-order valence-electron chi connectivity index (χ2n) is 8.15. The summed E-state index contributed by atoms with van der Waals surface area (Å²) in [4.78, 5) is 44.5. The third kappa shape index (κ3) is 6.08. The number of ether oxygens (including phenoxy) is 1. The van der Waals surface area contributed by atoms with Crippen molar-refractivity contribution >= 4 is 17.4 Å². The van der Waals surface area contributed by atoms with E-state index in [9.17, 15) is 14.4 Å². The number of nitrogens with two attached hydrogens (primary N) is 1. The minimum Gasteiger partial charge on any atom is -0.385 e. The molecule has 9 heteroatoms. The van der Waals surface area contributed by atoms with Crippen LogP contribution in [0.5, 0.6) is 0 Å². The number of carbonyl (C=O) groups is 1. The molecule has 0 spiro atoms. The highest BCUT2D eigenvalue weighted by Gasteiger charge is 2.26. The van der Waals surface area contributed by atoms with E-state index in [1.165, 1.54) is 22.3 Å². The van der Waals surface area contributed by atoms with Crippen molar-refractivity contribution in [1.82, 2.24) is 14.5 Å². The second-order valence-corrected chi connectivity index (χ2v) is 8.15. The lowest BCUT2D eigenvalue weighted by Gasteiger charge is -2.27. The van der Waals surface area contributed by atoms with E-state index in [0.717, 1.165) is 31.5 Å². The Hall–Kier alpha value is -2.91. The molecule has 2 heterocycles. The average molecular weight is 444 g/mol. The highest BCUT2D eigenvalue weighted by atomic mass is 16.5. The molecule has 9 nitrogen and oxygen atoms in total. The van der Waals surface area contributed by atoms with Crippen LogP contribution in [0.3, 0.4) is 0 Å². The van der Waals surface area contributed by atoms with Gasteiger partial charge in [0.05, 0.1) is 13.1 Å². The van der Waals surface area contributed by atoms with Gasteiger partial charge >= 0.3 is 5.69 Å². The van der Waals surface area contributed by atoms with Gasteiger partial charge in [-0.15, -0.1) is 0 Å². The molecule has 2 aromatic rings. The number of nitrogen functional groups attached to an aromatic ring is 1. The fourth-order valence-corrected chi connectivity index (χ4v) is 4.06. The number of hydrogen-bond donors (Lipinski definition) is 2. The molecule has 1 aromatic carbocycles. The highest BCUT2D eigenvalue weighted by molar-refractivity contribution is 5.96. The van der Waals surface area contributed by atoms with E-state index in [-0.39, 0.29) is 37.0 Å². The summed E-state index contributed by atoms with van der Waals surface area (Å²) >= 11 is 0. The predicted molar refractivity (Wildman–Crippen MR) is 125 cm³/mol. The first-order valence-electron chi connectivity index (χ1n) is 11.2. The first kappa shape index (κ1) is 23.7. The zero-order valence-electron chi connectivity index (χ0n) is 18.7. The number of nitrogens with zero attached hydrogens (tertiary/aromatic N) is 3. The first-order chi connectivity index (χ1) is 15.5. The second kappa shape index (κ2) is 11.6. The summed E-state index contributed by atoms with van der Waals surface area (Å²) in [6.07, 6.45) is 4.99. The fraction of sp³-hybridized carbons (Fsp3) is 0.522. The maximum absolute atomic E-state index is 13.3. The SMILES string of the molecule is COCCCN(C(=O)CN1CCCCCC1)c1c(N)n(Cc2ccccc2)c(=O)[nH]c1=O. The Labute approximate surface area is 187 Å². The van der Waals surface area contributed by atoms with E-state index in [4.69, 9.17) is 10.5 Å². The molecule has 1 amide bonds. The van der Waals surface area contributed by atoms with Crippen LogP contribution in [-0.4, -0.2) is 60.3 Å². The Morgan fingerprint density at radius 2 is 1.81 bits per heavy atom. The van der Waals surface area contributed by atoms with Crippen LogP contribution in [0.25, 0.3) is 0 Å². The zero-order chi connectivity index (χ0) is 22.9. The van der Waals surface area contributed by atoms with Gasteiger partial charge in [-0.25, -0.2) is 4.79 Å². The molecular formula is C23H33N5O4. The minimum atomic E-state index is -0.654. The monoisotopic (exact) mass is 443 g/mol. The molecule has 3 rings (SSSR count). The van der Waals surface area contributed by atoms with Crippen LogP contribution in [0, 0.1) is 0 Å². The van der Waals surface area contributed by atoms with Gasteiger partial charge in [0.1, 0.15) is 5.82 Å². The topological polar surface area (TPSA) is 114 Å². The van der Waals surface area contributed by atoms with E-state index in [2.05, 4.69) is 9.88 Å². The molecule has 0 bridgehead atoms. The molecule has 0 aliphatic carbocycles. The van der Waals surface area contributed by atoms with Crippen molar-refractivity contribution in [3.63, 3.8) is 0 Å². The Bertz CT molecular complexity index is 994. The van der Waals surface area contributed by atoms with Gasteiger partial charge in [-0.2, -0.15) is 0 Å². The number of amides is 1. The smallest absolute Gasteiger partial charge is 0.330 e. The normalized spacial score (nSPS) is 14.8. The maximum atomic E-state index is 13.3. The number of rotatable bonds is 9. The van der Waals surface area contributed by atoms with E-state index in [1.807, 2.05) is 30.3 Å². The molecular weight excluding hydrogens is 410 g/mol. The van der Waals surface area contributed by atoms with Crippen LogP contribution in [-0.2, 0) is 16.1 Å². The average Bonchev–Trinajstić information content (AvgIpc) is 3.05. The van der Waals surface area contributed by atoms with Gasteiger partial charge in [0.15, 0.2) is 5.69 Å². The van der Waals surface area contributed by atoms with Gasteiger partial charge in [0.25, 0.3) is 5.56 Å². The molecule has 1 aromatic heterocycles. The van der Waals surface area contributed by atoms with Gasteiger partial charge in [-0.1, -0.05) is 43.2 Å². The van der Waals surface area contributed by atoms with E-state index >= 15 is 0 Å². The fourth-order valence-electron chi connectivity index (χ4n) is 4.06. The largest absolute Gasteiger partial charge is 0.385 e. The molecule has 0 radical (unpaired) electrons. The van der Waals surface area contributed by atoms with Crippen LogP contribution in [0.4, 0.5) is 11.5 Å². The summed E-state index contributed by atoms with van der Waals surface area (Å²) in [5.41, 5.74) is 5.97. The number of nitrogens with one attached hydrogen (secondary N) is 1. The quantitative estimate of drug-likeness (QED) is 0.567. The molecule has 1 saturated heterocycles.